The maximum absolute atomic E-state index is 10.4. The van der Waals surface area contributed by atoms with Crippen LogP contribution in [-0.4, -0.2) is 17.8 Å². The van der Waals surface area contributed by atoms with Crippen LogP contribution in [-0.2, 0) is 11.2 Å². The Morgan fingerprint density at radius 3 is 2.70 bits per heavy atom. The molecule has 2 atom stereocenters. The molecule has 0 aliphatic heterocycles. The van der Waals surface area contributed by atoms with Crippen molar-refractivity contribution in [3.05, 3.63) is 35.4 Å². The Kier molecular flexibility index (Phi) is 6.55. The van der Waals surface area contributed by atoms with E-state index in [0.717, 1.165) is 31.4 Å². The maximum atomic E-state index is 10.4. The molecule has 0 fully saturated rings. The van der Waals surface area contributed by atoms with Crippen LogP contribution in [0.15, 0.2) is 24.3 Å². The van der Waals surface area contributed by atoms with Crippen molar-refractivity contribution in [2.75, 3.05) is 6.61 Å². The average molecular weight is 276 g/mol. The van der Waals surface area contributed by atoms with E-state index in [4.69, 9.17) is 4.74 Å². The van der Waals surface area contributed by atoms with Crippen LogP contribution >= 0.6 is 0 Å². The van der Waals surface area contributed by atoms with Crippen LogP contribution in [0.1, 0.15) is 69.1 Å². The van der Waals surface area contributed by atoms with Crippen LogP contribution in [0.2, 0.25) is 0 Å². The Morgan fingerprint density at radius 1 is 1.10 bits per heavy atom. The summed E-state index contributed by atoms with van der Waals surface area (Å²) in [5.41, 5.74) is 2.34. The third kappa shape index (κ3) is 4.32. The first-order chi connectivity index (χ1) is 9.83. The number of aryl methyl sites for hydroxylation is 1. The van der Waals surface area contributed by atoms with Crippen molar-refractivity contribution >= 4 is 0 Å². The van der Waals surface area contributed by atoms with Gasteiger partial charge in [-0.3, -0.25) is 0 Å². The average Bonchev–Trinajstić information content (AvgIpc) is 2.49. The molecule has 1 aliphatic rings. The van der Waals surface area contributed by atoms with Gasteiger partial charge in [-0.05, 0) is 30.4 Å². The Hall–Kier alpha value is -0.860. The van der Waals surface area contributed by atoms with Gasteiger partial charge in [-0.1, -0.05) is 63.3 Å². The van der Waals surface area contributed by atoms with Crippen LogP contribution < -0.4 is 0 Å². The highest BCUT2D eigenvalue weighted by atomic mass is 16.5. The van der Waals surface area contributed by atoms with Crippen molar-refractivity contribution in [2.24, 2.45) is 0 Å². The van der Waals surface area contributed by atoms with E-state index in [0.29, 0.717) is 0 Å². The zero-order valence-electron chi connectivity index (χ0n) is 12.7. The fourth-order valence-electron chi connectivity index (χ4n) is 3.00. The van der Waals surface area contributed by atoms with Crippen molar-refractivity contribution in [2.45, 2.75) is 70.5 Å². The number of rotatable bonds is 8. The molecule has 0 amide bonds. The van der Waals surface area contributed by atoms with Crippen molar-refractivity contribution in [1.82, 2.24) is 0 Å². The summed E-state index contributed by atoms with van der Waals surface area (Å²) in [7, 11) is 0. The summed E-state index contributed by atoms with van der Waals surface area (Å²) >= 11 is 0. The zero-order valence-corrected chi connectivity index (χ0v) is 12.7. The van der Waals surface area contributed by atoms with E-state index in [9.17, 15) is 5.11 Å². The first-order valence-electron chi connectivity index (χ1n) is 8.20. The molecule has 1 aromatic carbocycles. The van der Waals surface area contributed by atoms with E-state index in [1.165, 1.54) is 37.7 Å². The quantitative estimate of drug-likeness (QED) is 0.713. The van der Waals surface area contributed by atoms with E-state index in [-0.39, 0.29) is 6.10 Å². The highest BCUT2D eigenvalue weighted by Crippen LogP contribution is 2.31. The lowest BCUT2D eigenvalue weighted by Crippen LogP contribution is -2.28. The molecule has 2 nitrogen and oxygen atoms in total. The van der Waals surface area contributed by atoms with Gasteiger partial charge in [0.1, 0.15) is 6.10 Å². The van der Waals surface area contributed by atoms with Crippen LogP contribution in [0.5, 0.6) is 0 Å². The molecule has 0 aromatic heterocycles. The molecule has 0 bridgehead atoms. The summed E-state index contributed by atoms with van der Waals surface area (Å²) in [5.74, 6) is 0. The van der Waals surface area contributed by atoms with E-state index >= 15 is 0 Å². The minimum atomic E-state index is -0.444. The molecule has 1 aromatic rings. The molecule has 20 heavy (non-hydrogen) atoms. The topological polar surface area (TPSA) is 29.5 Å². The highest BCUT2D eigenvalue weighted by molar-refractivity contribution is 5.32. The summed E-state index contributed by atoms with van der Waals surface area (Å²) < 4.78 is 5.91. The molecule has 0 saturated carbocycles. The van der Waals surface area contributed by atoms with E-state index in [1.54, 1.807) is 0 Å². The third-order valence-corrected chi connectivity index (χ3v) is 4.25. The third-order valence-electron chi connectivity index (χ3n) is 4.25. The summed E-state index contributed by atoms with van der Waals surface area (Å²) in [6.07, 6.45) is 9.17. The van der Waals surface area contributed by atoms with Gasteiger partial charge >= 0.3 is 0 Å². The summed E-state index contributed by atoms with van der Waals surface area (Å²) in [5, 5.41) is 10.4. The lowest BCUT2D eigenvalue weighted by atomic mass is 9.87. The molecule has 0 saturated heterocycles. The predicted octanol–water partition coefficient (Wildman–Crippen LogP) is 4.41. The molecule has 0 spiro atoms. The van der Waals surface area contributed by atoms with Crippen molar-refractivity contribution in [3.8, 4) is 0 Å². The standard InChI is InChI=1S/C18H28O2/c1-2-3-4-5-6-9-14-20-17-13-12-15-10-7-8-11-16(15)18(17)19/h7-8,10-11,17-19H,2-6,9,12-14H2,1H3. The SMILES string of the molecule is CCCCCCCCOC1CCc2ccccc2C1O. The summed E-state index contributed by atoms with van der Waals surface area (Å²) in [6.45, 7) is 3.03. The smallest absolute Gasteiger partial charge is 0.105 e. The number of fused-ring (bicyclic) bond motifs is 1. The largest absolute Gasteiger partial charge is 0.386 e. The van der Waals surface area contributed by atoms with Gasteiger partial charge < -0.3 is 9.84 Å². The van der Waals surface area contributed by atoms with Gasteiger partial charge in [0.2, 0.25) is 0 Å². The molecule has 0 heterocycles. The number of aliphatic hydroxyl groups excluding tert-OH is 1. The number of aliphatic hydroxyl groups is 1. The number of unbranched alkanes of at least 4 members (excludes halogenated alkanes) is 5. The fraction of sp³-hybridized carbons (Fsp3) is 0.667. The molecule has 2 heteroatoms. The van der Waals surface area contributed by atoms with Crippen LogP contribution in [0.3, 0.4) is 0 Å². The van der Waals surface area contributed by atoms with Gasteiger partial charge in [0.05, 0.1) is 6.10 Å². The van der Waals surface area contributed by atoms with Crippen molar-refractivity contribution < 1.29 is 9.84 Å². The van der Waals surface area contributed by atoms with E-state index in [2.05, 4.69) is 13.0 Å². The van der Waals surface area contributed by atoms with E-state index in [1.807, 2.05) is 18.2 Å². The second-order valence-corrected chi connectivity index (χ2v) is 5.86. The van der Waals surface area contributed by atoms with Gasteiger partial charge in [0, 0.05) is 6.61 Å². The van der Waals surface area contributed by atoms with Gasteiger partial charge in [-0.2, -0.15) is 0 Å². The molecule has 2 rings (SSSR count). The molecule has 112 valence electrons. The molecule has 0 radical (unpaired) electrons. The Balaban J connectivity index is 1.67. The second kappa shape index (κ2) is 8.43. The van der Waals surface area contributed by atoms with Crippen molar-refractivity contribution in [1.29, 1.82) is 0 Å². The lowest BCUT2D eigenvalue weighted by molar-refractivity contribution is -0.0493. The molecule has 2 unspecified atom stereocenters. The normalized spacial score (nSPS) is 21.7. The van der Waals surface area contributed by atoms with Gasteiger partial charge in [-0.25, -0.2) is 0 Å². The predicted molar refractivity (Wildman–Crippen MR) is 82.8 cm³/mol. The number of hydrogen-bond donors (Lipinski definition) is 1. The monoisotopic (exact) mass is 276 g/mol. The van der Waals surface area contributed by atoms with Crippen LogP contribution in [0.4, 0.5) is 0 Å². The van der Waals surface area contributed by atoms with Gasteiger partial charge in [-0.15, -0.1) is 0 Å². The minimum absolute atomic E-state index is 0.0134. The first-order valence-corrected chi connectivity index (χ1v) is 8.20. The number of hydrogen-bond acceptors (Lipinski definition) is 2. The zero-order chi connectivity index (χ0) is 14.2. The summed E-state index contributed by atoms with van der Waals surface area (Å²) in [4.78, 5) is 0. The summed E-state index contributed by atoms with van der Waals surface area (Å²) in [6, 6.07) is 8.18. The second-order valence-electron chi connectivity index (χ2n) is 5.86. The lowest BCUT2D eigenvalue weighted by Gasteiger charge is -2.30. The fourth-order valence-corrected chi connectivity index (χ4v) is 3.00. The van der Waals surface area contributed by atoms with Gasteiger partial charge in [0.15, 0.2) is 0 Å². The Morgan fingerprint density at radius 2 is 1.85 bits per heavy atom. The van der Waals surface area contributed by atoms with Crippen LogP contribution in [0.25, 0.3) is 0 Å². The van der Waals surface area contributed by atoms with Gasteiger partial charge in [0.25, 0.3) is 0 Å². The molecule has 1 aliphatic carbocycles. The minimum Gasteiger partial charge on any atom is -0.386 e. The molecule has 1 N–H and O–H groups in total. The number of ether oxygens (including phenoxy) is 1. The Labute approximate surface area is 123 Å². The molecular weight excluding hydrogens is 248 g/mol. The maximum Gasteiger partial charge on any atom is 0.105 e. The molecular formula is C18H28O2. The highest BCUT2D eigenvalue weighted by Gasteiger charge is 2.27. The first kappa shape index (κ1) is 15.5. The number of benzene rings is 1. The van der Waals surface area contributed by atoms with Crippen LogP contribution in [0, 0.1) is 0 Å². The van der Waals surface area contributed by atoms with E-state index < -0.39 is 6.10 Å². The Bertz CT molecular complexity index is 389. The van der Waals surface area contributed by atoms with Crippen molar-refractivity contribution in [3.63, 3.8) is 0 Å².